The van der Waals surface area contributed by atoms with E-state index in [-0.39, 0.29) is 0 Å². The normalized spacial score (nSPS) is 13.8. The zero-order valence-corrected chi connectivity index (χ0v) is 30.4. The van der Waals surface area contributed by atoms with E-state index in [0.717, 1.165) is 33.2 Å². The Balaban J connectivity index is 1.31. The Morgan fingerprint density at radius 2 is 0.982 bits per heavy atom. The van der Waals surface area contributed by atoms with Crippen molar-refractivity contribution in [3.63, 3.8) is 0 Å². The number of hydrogen-bond donors (Lipinski definition) is 0. The van der Waals surface area contributed by atoms with Crippen LogP contribution in [0.1, 0.15) is 33.4 Å². The highest BCUT2D eigenvalue weighted by Gasteiger charge is 2.50. The third-order valence-corrected chi connectivity index (χ3v) is 12.0. The van der Waals surface area contributed by atoms with Crippen molar-refractivity contribution in [3.8, 4) is 28.3 Å². The first-order valence-corrected chi connectivity index (χ1v) is 19.3. The summed E-state index contributed by atoms with van der Waals surface area (Å²) >= 11 is 0. The number of allylic oxidation sites excluding steroid dienone is 1. The van der Waals surface area contributed by atoms with Gasteiger partial charge in [-0.1, -0.05) is 182 Å². The molecule has 3 heteroatoms. The maximum Gasteiger partial charge on any atom is 0.235 e. The Morgan fingerprint density at radius 3 is 1.70 bits per heavy atom. The van der Waals surface area contributed by atoms with E-state index in [1.54, 1.807) is 0 Å². The summed E-state index contributed by atoms with van der Waals surface area (Å²) in [5.41, 5.74) is 17.0. The van der Waals surface area contributed by atoms with Gasteiger partial charge in [-0.05, 0) is 73.9 Å². The SMILES string of the molecule is c1ccc(C2=C3c4ccccc4-c4cccc5c4c4c3c(ccc4n5-c3nc(-c4ccccc4)c4ccccc4n3)C2(c2ccccc2)c2ccccc2)cc1. The molecule has 0 unspecified atom stereocenters. The smallest absolute Gasteiger partial charge is 0.235 e. The van der Waals surface area contributed by atoms with E-state index in [4.69, 9.17) is 9.97 Å². The second-order valence-electron chi connectivity index (χ2n) is 14.8. The third-order valence-electron chi connectivity index (χ3n) is 12.0. The van der Waals surface area contributed by atoms with Crippen LogP contribution in [0.25, 0.3) is 72.2 Å². The first-order valence-electron chi connectivity index (χ1n) is 19.3. The molecule has 0 atom stereocenters. The fraction of sp³-hybridized carbons (Fsp3) is 0.0189. The van der Waals surface area contributed by atoms with Gasteiger partial charge in [0.15, 0.2) is 0 Å². The monoisotopic (exact) mass is 711 g/mol. The van der Waals surface area contributed by atoms with Crippen molar-refractivity contribution >= 4 is 43.9 Å². The molecule has 0 saturated carbocycles. The number of aromatic nitrogens is 3. The van der Waals surface area contributed by atoms with Crippen molar-refractivity contribution in [2.75, 3.05) is 0 Å². The predicted octanol–water partition coefficient (Wildman–Crippen LogP) is 12.7. The Bertz CT molecular complexity index is 3180. The summed E-state index contributed by atoms with van der Waals surface area (Å²) in [7, 11) is 0. The van der Waals surface area contributed by atoms with Crippen LogP contribution in [0.2, 0.25) is 0 Å². The van der Waals surface area contributed by atoms with Crippen LogP contribution in [0.15, 0.2) is 200 Å². The van der Waals surface area contributed by atoms with Crippen LogP contribution < -0.4 is 0 Å². The number of para-hydroxylation sites is 1. The lowest BCUT2D eigenvalue weighted by Gasteiger charge is -2.36. The minimum Gasteiger partial charge on any atom is -0.278 e. The fourth-order valence-corrected chi connectivity index (χ4v) is 9.90. The number of hydrogen-bond acceptors (Lipinski definition) is 2. The topological polar surface area (TPSA) is 30.7 Å². The highest BCUT2D eigenvalue weighted by atomic mass is 15.2. The van der Waals surface area contributed by atoms with Crippen LogP contribution >= 0.6 is 0 Å². The Kier molecular flexibility index (Phi) is 6.55. The van der Waals surface area contributed by atoms with E-state index >= 15 is 0 Å². The molecule has 56 heavy (non-hydrogen) atoms. The van der Waals surface area contributed by atoms with Gasteiger partial charge in [0, 0.05) is 21.7 Å². The second-order valence-corrected chi connectivity index (χ2v) is 14.8. The maximum absolute atomic E-state index is 5.44. The molecular weight excluding hydrogens is 679 g/mol. The van der Waals surface area contributed by atoms with Gasteiger partial charge >= 0.3 is 0 Å². The molecular formula is C53H33N3. The molecule has 3 nitrogen and oxygen atoms in total. The van der Waals surface area contributed by atoms with Crippen molar-refractivity contribution in [1.29, 1.82) is 0 Å². The van der Waals surface area contributed by atoms with Crippen LogP contribution in [-0.2, 0) is 5.41 Å². The number of benzene rings is 8. The van der Waals surface area contributed by atoms with Crippen LogP contribution in [0, 0.1) is 0 Å². The molecule has 0 fully saturated rings. The number of fused-ring (bicyclic) bond motifs is 4. The van der Waals surface area contributed by atoms with E-state index in [9.17, 15) is 0 Å². The largest absolute Gasteiger partial charge is 0.278 e. The van der Waals surface area contributed by atoms with Crippen molar-refractivity contribution in [1.82, 2.24) is 14.5 Å². The molecule has 2 aliphatic carbocycles. The zero-order valence-electron chi connectivity index (χ0n) is 30.4. The van der Waals surface area contributed by atoms with Gasteiger partial charge in [0.25, 0.3) is 0 Å². The molecule has 0 amide bonds. The second kappa shape index (κ2) is 11.8. The van der Waals surface area contributed by atoms with Gasteiger partial charge in [0.2, 0.25) is 5.95 Å². The van der Waals surface area contributed by atoms with Crippen LogP contribution in [0.3, 0.4) is 0 Å². The van der Waals surface area contributed by atoms with Gasteiger partial charge in [-0.3, -0.25) is 4.57 Å². The van der Waals surface area contributed by atoms with Gasteiger partial charge in [-0.25, -0.2) is 9.97 Å². The van der Waals surface area contributed by atoms with Gasteiger partial charge in [0.1, 0.15) is 0 Å². The van der Waals surface area contributed by atoms with E-state index in [2.05, 4.69) is 205 Å². The van der Waals surface area contributed by atoms with Gasteiger partial charge in [-0.2, -0.15) is 0 Å². The minimum absolute atomic E-state index is 0.601. The molecule has 2 heterocycles. The molecule has 2 aromatic heterocycles. The number of nitrogens with zero attached hydrogens (tertiary/aromatic N) is 3. The lowest BCUT2D eigenvalue weighted by Crippen LogP contribution is -2.29. The molecule has 0 N–H and O–H groups in total. The Labute approximate surface area is 324 Å². The van der Waals surface area contributed by atoms with Crippen molar-refractivity contribution < 1.29 is 0 Å². The third kappa shape index (κ3) is 4.12. The standard InChI is InChI=1S/C53H33N3/c1-5-18-34(19-6-1)50-47-40-27-14-13-26-38(40)39-29-17-31-44-46(39)49-45(56(44)52-54-43-30-16-15-28-41(43)51(55-52)35-20-7-2-8-21-35)33-32-42(48(47)49)53(50,36-22-9-3-10-23-36)37-24-11-4-12-25-37/h1-33H. The molecule has 0 spiro atoms. The lowest BCUT2D eigenvalue weighted by molar-refractivity contribution is 0.815. The number of rotatable bonds is 5. The summed E-state index contributed by atoms with van der Waals surface area (Å²) in [6.07, 6.45) is 0. The minimum atomic E-state index is -0.601. The van der Waals surface area contributed by atoms with Crippen molar-refractivity contribution in [2.24, 2.45) is 0 Å². The summed E-state index contributed by atoms with van der Waals surface area (Å²) in [6, 6.07) is 72.6. The molecule has 12 rings (SSSR count). The highest BCUT2D eigenvalue weighted by Crippen LogP contribution is 2.63. The van der Waals surface area contributed by atoms with Crippen LogP contribution in [0.5, 0.6) is 0 Å². The Morgan fingerprint density at radius 1 is 0.411 bits per heavy atom. The molecule has 2 aliphatic rings. The predicted molar refractivity (Wildman–Crippen MR) is 230 cm³/mol. The molecule has 10 aromatic rings. The van der Waals surface area contributed by atoms with Gasteiger partial charge < -0.3 is 0 Å². The van der Waals surface area contributed by atoms with E-state index in [1.807, 2.05) is 0 Å². The van der Waals surface area contributed by atoms with E-state index in [0.29, 0.717) is 5.95 Å². The zero-order chi connectivity index (χ0) is 36.8. The molecule has 8 aromatic carbocycles. The molecule has 0 saturated heterocycles. The summed E-state index contributed by atoms with van der Waals surface area (Å²) in [5, 5.41) is 3.50. The molecule has 260 valence electrons. The van der Waals surface area contributed by atoms with E-state index < -0.39 is 5.41 Å². The lowest BCUT2D eigenvalue weighted by atomic mass is 9.65. The van der Waals surface area contributed by atoms with Crippen molar-refractivity contribution in [2.45, 2.75) is 5.41 Å². The van der Waals surface area contributed by atoms with E-state index in [1.165, 1.54) is 66.4 Å². The van der Waals surface area contributed by atoms with Crippen molar-refractivity contribution in [3.05, 3.63) is 234 Å². The summed E-state index contributed by atoms with van der Waals surface area (Å²) in [5.74, 6) is 0.665. The fourth-order valence-electron chi connectivity index (χ4n) is 9.90. The summed E-state index contributed by atoms with van der Waals surface area (Å²) in [6.45, 7) is 0. The quantitative estimate of drug-likeness (QED) is 0.178. The summed E-state index contributed by atoms with van der Waals surface area (Å²) in [4.78, 5) is 10.8. The van der Waals surface area contributed by atoms with Crippen LogP contribution in [0.4, 0.5) is 0 Å². The van der Waals surface area contributed by atoms with Gasteiger partial charge in [-0.15, -0.1) is 0 Å². The Hall–Kier alpha value is -7.36. The average Bonchev–Trinajstić information content (AvgIpc) is 3.74. The average molecular weight is 712 g/mol. The molecule has 0 bridgehead atoms. The maximum atomic E-state index is 5.44. The molecule has 0 aliphatic heterocycles. The summed E-state index contributed by atoms with van der Waals surface area (Å²) < 4.78 is 2.31. The molecule has 0 radical (unpaired) electrons. The highest BCUT2D eigenvalue weighted by molar-refractivity contribution is 6.28. The first kappa shape index (κ1) is 31.0. The van der Waals surface area contributed by atoms with Gasteiger partial charge in [0.05, 0.1) is 27.7 Å². The first-order chi connectivity index (χ1) is 27.8. The van der Waals surface area contributed by atoms with Crippen LogP contribution in [-0.4, -0.2) is 14.5 Å².